The van der Waals surface area contributed by atoms with Crippen LogP contribution in [0.2, 0.25) is 0 Å². The lowest BCUT2D eigenvalue weighted by molar-refractivity contribution is 0.0605. The van der Waals surface area contributed by atoms with E-state index in [4.69, 9.17) is 0 Å². The van der Waals surface area contributed by atoms with Gasteiger partial charge >= 0.3 is 5.97 Å². The Bertz CT molecular complexity index is 564. The highest BCUT2D eigenvalue weighted by atomic mass is 32.2. The third kappa shape index (κ3) is 2.81. The molecule has 8 heteroatoms. The number of carbonyl (C=O) groups excluding carboxylic acids is 1. The summed E-state index contributed by atoms with van der Waals surface area (Å²) in [7, 11) is -1.60. The molecular formula is C10H14N2O4S2. The second-order valence-corrected chi connectivity index (χ2v) is 7.40. The molecule has 0 bridgehead atoms. The van der Waals surface area contributed by atoms with Gasteiger partial charge in [-0.05, 0) is 13.3 Å². The highest BCUT2D eigenvalue weighted by Crippen LogP contribution is 2.25. The molecule has 1 aromatic rings. The van der Waals surface area contributed by atoms with Crippen molar-refractivity contribution in [1.82, 2.24) is 4.98 Å². The van der Waals surface area contributed by atoms with Crippen LogP contribution in [-0.2, 0) is 14.6 Å². The molecule has 1 unspecified atom stereocenters. The molecule has 6 nitrogen and oxygen atoms in total. The summed E-state index contributed by atoms with van der Waals surface area (Å²) in [5, 5.41) is 3.62. The highest BCUT2D eigenvalue weighted by Gasteiger charge is 2.28. The van der Waals surface area contributed by atoms with Crippen LogP contribution < -0.4 is 5.32 Å². The predicted octanol–water partition coefficient (Wildman–Crippen LogP) is 0.837. The number of nitrogens with zero attached hydrogens (tertiary/aromatic N) is 1. The summed E-state index contributed by atoms with van der Waals surface area (Å²) >= 11 is 1.19. The first kappa shape index (κ1) is 13.3. The van der Waals surface area contributed by atoms with E-state index in [2.05, 4.69) is 15.0 Å². The zero-order chi connectivity index (χ0) is 13.3. The summed E-state index contributed by atoms with van der Waals surface area (Å²) in [6.07, 6.45) is 0.578. The second kappa shape index (κ2) is 4.85. The van der Waals surface area contributed by atoms with E-state index in [1.807, 2.05) is 0 Å². The first-order chi connectivity index (χ1) is 8.41. The van der Waals surface area contributed by atoms with Crippen LogP contribution in [0.1, 0.15) is 21.8 Å². The minimum absolute atomic E-state index is 0.119. The van der Waals surface area contributed by atoms with Gasteiger partial charge in [-0.1, -0.05) is 11.3 Å². The fourth-order valence-corrected chi connectivity index (χ4v) is 4.46. The molecule has 100 valence electrons. The smallest absolute Gasteiger partial charge is 0.350 e. The standard InChI is InChI=1S/C10H14N2O4S2/c1-6-8(9(13)16-2)17-10(11-6)12-7-3-4-18(14,15)5-7/h7H,3-5H2,1-2H3,(H,11,12). The molecule has 0 spiro atoms. The SMILES string of the molecule is COC(=O)c1sc(NC2CCS(=O)(=O)C2)nc1C. The van der Waals surface area contributed by atoms with E-state index in [0.717, 1.165) is 0 Å². The molecule has 1 aliphatic rings. The van der Waals surface area contributed by atoms with Crippen LogP contribution in [0.3, 0.4) is 0 Å². The van der Waals surface area contributed by atoms with Crippen LogP contribution in [0, 0.1) is 6.92 Å². The first-order valence-corrected chi connectivity index (χ1v) is 8.08. The van der Waals surface area contributed by atoms with Crippen molar-refractivity contribution in [2.45, 2.75) is 19.4 Å². The number of ether oxygens (including phenoxy) is 1. The number of carbonyl (C=O) groups is 1. The van der Waals surface area contributed by atoms with Gasteiger partial charge in [-0.3, -0.25) is 0 Å². The Hall–Kier alpha value is -1.15. The predicted molar refractivity (Wildman–Crippen MR) is 68.9 cm³/mol. The maximum atomic E-state index is 11.4. The topological polar surface area (TPSA) is 85.4 Å². The van der Waals surface area contributed by atoms with Crippen molar-refractivity contribution in [3.05, 3.63) is 10.6 Å². The third-order valence-corrected chi connectivity index (χ3v) is 5.56. The molecule has 0 radical (unpaired) electrons. The van der Waals surface area contributed by atoms with Gasteiger partial charge in [0.1, 0.15) is 4.88 Å². The van der Waals surface area contributed by atoms with E-state index in [-0.39, 0.29) is 17.5 Å². The number of esters is 1. The van der Waals surface area contributed by atoms with E-state index in [0.29, 0.717) is 22.1 Å². The summed E-state index contributed by atoms with van der Waals surface area (Å²) in [5.41, 5.74) is 0.593. The molecule has 18 heavy (non-hydrogen) atoms. The van der Waals surface area contributed by atoms with Gasteiger partial charge in [0.2, 0.25) is 0 Å². The van der Waals surface area contributed by atoms with Crippen molar-refractivity contribution in [2.75, 3.05) is 23.9 Å². The fourth-order valence-electron chi connectivity index (χ4n) is 1.82. The molecule has 1 aromatic heterocycles. The lowest BCUT2D eigenvalue weighted by Gasteiger charge is -2.07. The van der Waals surface area contributed by atoms with E-state index < -0.39 is 15.8 Å². The molecule has 1 N–H and O–H groups in total. The molecule has 0 aliphatic carbocycles. The molecule has 0 amide bonds. The van der Waals surface area contributed by atoms with Crippen LogP contribution in [0.5, 0.6) is 0 Å². The van der Waals surface area contributed by atoms with Crippen LogP contribution >= 0.6 is 11.3 Å². The lowest BCUT2D eigenvalue weighted by Crippen LogP contribution is -2.20. The van der Waals surface area contributed by atoms with Crippen LogP contribution in [0.25, 0.3) is 0 Å². The monoisotopic (exact) mass is 290 g/mol. The molecular weight excluding hydrogens is 276 g/mol. The van der Waals surface area contributed by atoms with Crippen molar-refractivity contribution in [3.63, 3.8) is 0 Å². The zero-order valence-electron chi connectivity index (χ0n) is 10.1. The Balaban J connectivity index is 2.09. The number of aromatic nitrogens is 1. The molecule has 1 fully saturated rings. The number of methoxy groups -OCH3 is 1. The molecule has 1 saturated heterocycles. The van der Waals surface area contributed by atoms with Crippen LogP contribution in [0.15, 0.2) is 0 Å². The fraction of sp³-hybridized carbons (Fsp3) is 0.600. The number of hydrogen-bond donors (Lipinski definition) is 1. The molecule has 2 heterocycles. The summed E-state index contributed by atoms with van der Waals surface area (Å²) in [6.45, 7) is 1.72. The minimum Gasteiger partial charge on any atom is -0.465 e. The van der Waals surface area contributed by atoms with Gasteiger partial charge in [0.05, 0.1) is 24.3 Å². The number of sulfone groups is 1. The number of aryl methyl sites for hydroxylation is 1. The average molecular weight is 290 g/mol. The zero-order valence-corrected chi connectivity index (χ0v) is 11.7. The summed E-state index contributed by atoms with van der Waals surface area (Å²) < 4.78 is 27.3. The van der Waals surface area contributed by atoms with Gasteiger partial charge in [-0.15, -0.1) is 0 Å². The highest BCUT2D eigenvalue weighted by molar-refractivity contribution is 7.91. The molecule has 2 rings (SSSR count). The normalized spacial score (nSPS) is 21.8. The maximum absolute atomic E-state index is 11.4. The number of hydrogen-bond acceptors (Lipinski definition) is 7. The van der Waals surface area contributed by atoms with Crippen molar-refractivity contribution in [3.8, 4) is 0 Å². The lowest BCUT2D eigenvalue weighted by atomic mass is 10.3. The van der Waals surface area contributed by atoms with Crippen molar-refractivity contribution in [2.24, 2.45) is 0 Å². The number of nitrogens with one attached hydrogen (secondary N) is 1. The van der Waals surface area contributed by atoms with E-state index in [9.17, 15) is 13.2 Å². The first-order valence-electron chi connectivity index (χ1n) is 5.44. The minimum atomic E-state index is -2.92. The van der Waals surface area contributed by atoms with Crippen LogP contribution in [0.4, 0.5) is 5.13 Å². The Kier molecular flexibility index (Phi) is 3.58. The van der Waals surface area contributed by atoms with Gasteiger partial charge in [0.15, 0.2) is 15.0 Å². The van der Waals surface area contributed by atoms with Gasteiger partial charge in [0, 0.05) is 6.04 Å². The van der Waals surface area contributed by atoms with Gasteiger partial charge in [0.25, 0.3) is 0 Å². The molecule has 0 saturated carbocycles. The Morgan fingerprint density at radius 2 is 2.28 bits per heavy atom. The second-order valence-electron chi connectivity index (χ2n) is 4.17. The van der Waals surface area contributed by atoms with Gasteiger partial charge in [-0.2, -0.15) is 0 Å². The Morgan fingerprint density at radius 1 is 1.56 bits per heavy atom. The Labute approximate surface area is 109 Å². The van der Waals surface area contributed by atoms with E-state index in [1.165, 1.54) is 18.4 Å². The average Bonchev–Trinajstić information content (AvgIpc) is 2.81. The van der Waals surface area contributed by atoms with Gasteiger partial charge < -0.3 is 10.1 Å². The Morgan fingerprint density at radius 3 is 2.83 bits per heavy atom. The summed E-state index contributed by atoms with van der Waals surface area (Å²) in [4.78, 5) is 16.1. The van der Waals surface area contributed by atoms with Crippen molar-refractivity contribution >= 4 is 32.3 Å². The number of thiazole rings is 1. The van der Waals surface area contributed by atoms with Crippen molar-refractivity contribution < 1.29 is 17.9 Å². The summed E-state index contributed by atoms with van der Waals surface area (Å²) in [6, 6.07) is -0.119. The molecule has 0 aromatic carbocycles. The maximum Gasteiger partial charge on any atom is 0.350 e. The molecule has 1 atom stereocenters. The van der Waals surface area contributed by atoms with Crippen LogP contribution in [-0.4, -0.2) is 44.0 Å². The van der Waals surface area contributed by atoms with E-state index >= 15 is 0 Å². The number of rotatable bonds is 3. The molecule has 1 aliphatic heterocycles. The van der Waals surface area contributed by atoms with E-state index in [1.54, 1.807) is 6.92 Å². The summed E-state index contributed by atoms with van der Waals surface area (Å²) in [5.74, 6) is -0.0879. The largest absolute Gasteiger partial charge is 0.465 e. The van der Waals surface area contributed by atoms with Crippen molar-refractivity contribution in [1.29, 1.82) is 0 Å². The number of anilines is 1. The van der Waals surface area contributed by atoms with Gasteiger partial charge in [-0.25, -0.2) is 18.2 Å². The quantitative estimate of drug-likeness (QED) is 0.830. The third-order valence-electron chi connectivity index (χ3n) is 2.73.